The molecule has 1 aliphatic rings. The van der Waals surface area contributed by atoms with Crippen molar-refractivity contribution in [2.45, 2.75) is 11.8 Å². The van der Waals surface area contributed by atoms with E-state index >= 15 is 0 Å². The van der Waals surface area contributed by atoms with Crippen LogP contribution in [0.3, 0.4) is 0 Å². The van der Waals surface area contributed by atoms with Gasteiger partial charge in [-0.25, -0.2) is 8.42 Å². The Kier molecular flexibility index (Phi) is 4.58. The first-order valence-electron chi connectivity index (χ1n) is 5.91. The first kappa shape index (κ1) is 15.9. The van der Waals surface area contributed by atoms with E-state index in [1.165, 1.54) is 10.4 Å². The molecule has 0 unspecified atom stereocenters. The number of nitrogens with zero attached hydrogens (tertiary/aromatic N) is 1. The van der Waals surface area contributed by atoms with Gasteiger partial charge in [-0.15, -0.1) is 0 Å². The predicted molar refractivity (Wildman–Crippen MR) is 80.9 cm³/mol. The molecule has 2 rings (SSSR count). The molecule has 1 N–H and O–H groups in total. The topological polar surface area (TPSA) is 74.7 Å². The average molecular weight is 427 g/mol. The summed E-state index contributed by atoms with van der Waals surface area (Å²) in [5.74, 6) is -1.81. The highest BCUT2D eigenvalue weighted by molar-refractivity contribution is 9.11. The second-order valence-electron chi connectivity index (χ2n) is 4.82. The summed E-state index contributed by atoms with van der Waals surface area (Å²) in [7, 11) is -3.70. The number of carboxylic acid groups (broad SMARTS) is 1. The summed E-state index contributed by atoms with van der Waals surface area (Å²) in [6, 6.07) is 4.89. The summed E-state index contributed by atoms with van der Waals surface area (Å²) in [5, 5.41) is 9.10. The minimum Gasteiger partial charge on any atom is -0.481 e. The minimum atomic E-state index is -3.70. The molecule has 0 radical (unpaired) electrons. The lowest BCUT2D eigenvalue weighted by Gasteiger charge is -2.17. The fourth-order valence-electron chi connectivity index (χ4n) is 2.25. The van der Waals surface area contributed by atoms with Crippen LogP contribution in [-0.2, 0) is 14.8 Å². The molecule has 1 aromatic rings. The molecule has 1 saturated heterocycles. The molecule has 2 atom stereocenters. The standard InChI is InChI=1S/C12H13Br2NO4S/c1-7-5-15(6-9(7)12(16)17)20(18,19)11-4-8(13)2-3-10(11)14/h2-4,7,9H,5-6H2,1H3,(H,16,17)/t7-,9-/m1/s1. The minimum absolute atomic E-state index is 0.0117. The van der Waals surface area contributed by atoms with E-state index in [0.717, 1.165) is 0 Å². The maximum Gasteiger partial charge on any atom is 0.308 e. The number of hydrogen-bond donors (Lipinski definition) is 1. The smallest absolute Gasteiger partial charge is 0.308 e. The molecule has 1 heterocycles. The van der Waals surface area contributed by atoms with Crippen LogP contribution in [-0.4, -0.2) is 36.9 Å². The van der Waals surface area contributed by atoms with Gasteiger partial charge in [0.25, 0.3) is 0 Å². The predicted octanol–water partition coefficient (Wildman–Crippen LogP) is 2.55. The summed E-state index contributed by atoms with van der Waals surface area (Å²) < 4.78 is 27.6. The lowest BCUT2D eigenvalue weighted by Crippen LogP contribution is -2.30. The molecule has 0 amide bonds. The summed E-state index contributed by atoms with van der Waals surface area (Å²) in [5.41, 5.74) is 0. The quantitative estimate of drug-likeness (QED) is 0.805. The Bertz CT molecular complexity index is 647. The zero-order chi connectivity index (χ0) is 15.1. The van der Waals surface area contributed by atoms with Gasteiger partial charge in [-0.05, 0) is 40.0 Å². The van der Waals surface area contributed by atoms with E-state index in [9.17, 15) is 13.2 Å². The number of aliphatic carboxylic acids is 1. The van der Waals surface area contributed by atoms with Crippen LogP contribution in [0.5, 0.6) is 0 Å². The van der Waals surface area contributed by atoms with Gasteiger partial charge < -0.3 is 5.11 Å². The third-order valence-electron chi connectivity index (χ3n) is 3.41. The first-order valence-corrected chi connectivity index (χ1v) is 8.94. The molecule has 0 aliphatic carbocycles. The van der Waals surface area contributed by atoms with Gasteiger partial charge in [-0.3, -0.25) is 4.79 Å². The van der Waals surface area contributed by atoms with E-state index in [1.807, 2.05) is 0 Å². The highest BCUT2D eigenvalue weighted by Crippen LogP contribution is 2.33. The summed E-state index contributed by atoms with van der Waals surface area (Å²) in [6.45, 7) is 1.99. The fraction of sp³-hybridized carbons (Fsp3) is 0.417. The molecule has 5 nitrogen and oxygen atoms in total. The third kappa shape index (κ3) is 2.93. The van der Waals surface area contributed by atoms with Crippen LogP contribution < -0.4 is 0 Å². The van der Waals surface area contributed by atoms with Crippen molar-refractivity contribution in [2.24, 2.45) is 11.8 Å². The van der Waals surface area contributed by atoms with Gasteiger partial charge in [-0.1, -0.05) is 22.9 Å². The van der Waals surface area contributed by atoms with Crippen LogP contribution in [0.2, 0.25) is 0 Å². The highest BCUT2D eigenvalue weighted by Gasteiger charge is 2.41. The average Bonchev–Trinajstić information content (AvgIpc) is 2.75. The molecule has 0 bridgehead atoms. The van der Waals surface area contributed by atoms with Gasteiger partial charge in [-0.2, -0.15) is 4.31 Å². The first-order chi connectivity index (χ1) is 9.23. The number of hydrogen-bond acceptors (Lipinski definition) is 3. The van der Waals surface area contributed by atoms with Crippen molar-refractivity contribution in [3.63, 3.8) is 0 Å². The monoisotopic (exact) mass is 425 g/mol. The second-order valence-corrected chi connectivity index (χ2v) is 8.50. The van der Waals surface area contributed by atoms with Gasteiger partial charge in [0, 0.05) is 22.0 Å². The highest BCUT2D eigenvalue weighted by atomic mass is 79.9. The molecule has 1 aromatic carbocycles. The molecule has 0 aromatic heterocycles. The molecule has 1 aliphatic heterocycles. The van der Waals surface area contributed by atoms with Crippen molar-refractivity contribution in [1.29, 1.82) is 0 Å². The largest absolute Gasteiger partial charge is 0.481 e. The molecule has 110 valence electrons. The number of rotatable bonds is 3. The zero-order valence-electron chi connectivity index (χ0n) is 10.6. The lowest BCUT2D eigenvalue weighted by molar-refractivity contribution is -0.142. The van der Waals surface area contributed by atoms with E-state index in [0.29, 0.717) is 8.95 Å². The Morgan fingerprint density at radius 3 is 2.55 bits per heavy atom. The Labute approximate surface area is 134 Å². The van der Waals surface area contributed by atoms with Crippen molar-refractivity contribution < 1.29 is 18.3 Å². The zero-order valence-corrected chi connectivity index (χ0v) is 14.6. The molecule has 1 fully saturated rings. The van der Waals surface area contributed by atoms with Crippen molar-refractivity contribution in [2.75, 3.05) is 13.1 Å². The molecule has 0 saturated carbocycles. The summed E-state index contributed by atoms with van der Waals surface area (Å²) >= 11 is 6.48. The number of carboxylic acids is 1. The van der Waals surface area contributed by atoms with E-state index in [4.69, 9.17) is 5.11 Å². The van der Waals surface area contributed by atoms with E-state index in [1.54, 1.807) is 19.1 Å². The lowest BCUT2D eigenvalue weighted by atomic mass is 9.99. The number of benzene rings is 1. The molecular formula is C12H13Br2NO4S. The van der Waals surface area contributed by atoms with Crippen LogP contribution >= 0.6 is 31.9 Å². The van der Waals surface area contributed by atoms with Crippen molar-refractivity contribution in [1.82, 2.24) is 4.31 Å². The maximum absolute atomic E-state index is 12.6. The van der Waals surface area contributed by atoms with Crippen LogP contribution in [0, 0.1) is 11.8 Å². The fourth-order valence-corrected chi connectivity index (χ4v) is 5.28. The van der Waals surface area contributed by atoms with E-state index in [-0.39, 0.29) is 23.9 Å². The molecule has 0 spiro atoms. The van der Waals surface area contributed by atoms with E-state index in [2.05, 4.69) is 31.9 Å². The maximum atomic E-state index is 12.6. The Balaban J connectivity index is 2.37. The summed E-state index contributed by atoms with van der Waals surface area (Å²) in [6.07, 6.45) is 0. The van der Waals surface area contributed by atoms with Crippen molar-refractivity contribution >= 4 is 47.9 Å². The molecular weight excluding hydrogens is 414 g/mol. The van der Waals surface area contributed by atoms with Crippen LogP contribution in [0.1, 0.15) is 6.92 Å². The number of halogens is 2. The van der Waals surface area contributed by atoms with Crippen LogP contribution in [0.4, 0.5) is 0 Å². The number of carbonyl (C=O) groups is 1. The Morgan fingerprint density at radius 1 is 1.35 bits per heavy atom. The third-order valence-corrected chi connectivity index (χ3v) is 6.73. The molecule has 20 heavy (non-hydrogen) atoms. The van der Waals surface area contributed by atoms with Gasteiger partial charge in [0.1, 0.15) is 0 Å². The van der Waals surface area contributed by atoms with Crippen LogP contribution in [0.15, 0.2) is 32.0 Å². The summed E-state index contributed by atoms with van der Waals surface area (Å²) in [4.78, 5) is 11.2. The van der Waals surface area contributed by atoms with E-state index < -0.39 is 21.9 Å². The number of sulfonamides is 1. The van der Waals surface area contributed by atoms with Crippen LogP contribution in [0.25, 0.3) is 0 Å². The van der Waals surface area contributed by atoms with Gasteiger partial charge in [0.2, 0.25) is 10.0 Å². The Morgan fingerprint density at radius 2 is 2.00 bits per heavy atom. The SMILES string of the molecule is C[C@@H]1CN(S(=O)(=O)c2cc(Br)ccc2Br)C[C@H]1C(=O)O. The van der Waals surface area contributed by atoms with Gasteiger partial charge >= 0.3 is 5.97 Å². The van der Waals surface area contributed by atoms with Gasteiger partial charge in [0.15, 0.2) is 0 Å². The second kappa shape index (κ2) is 5.75. The van der Waals surface area contributed by atoms with Crippen molar-refractivity contribution in [3.8, 4) is 0 Å². The van der Waals surface area contributed by atoms with Crippen molar-refractivity contribution in [3.05, 3.63) is 27.1 Å². The molecule has 8 heteroatoms. The van der Waals surface area contributed by atoms with Gasteiger partial charge in [0.05, 0.1) is 10.8 Å². The normalized spacial score (nSPS) is 23.9. The Hall–Kier alpha value is -0.440.